The van der Waals surface area contributed by atoms with Crippen molar-refractivity contribution in [2.75, 3.05) is 0 Å². The monoisotopic (exact) mass is 347 g/mol. The molecule has 0 saturated carbocycles. The van der Waals surface area contributed by atoms with Gasteiger partial charge in [-0.2, -0.15) is 5.26 Å². The fourth-order valence-electron chi connectivity index (χ4n) is 2.22. The van der Waals surface area contributed by atoms with Crippen LogP contribution < -0.4 is 4.74 Å². The Bertz CT molecular complexity index is 754. The normalized spacial score (nSPS) is 20.1. The molecule has 3 rings (SSSR count). The van der Waals surface area contributed by atoms with Gasteiger partial charge in [0.25, 0.3) is 5.60 Å². The molecule has 1 aliphatic heterocycles. The summed E-state index contributed by atoms with van der Waals surface area (Å²) in [5, 5.41) is 9.93. The minimum absolute atomic E-state index is 0.308. The SMILES string of the molecule is N#CC1(c2ccccc2)Oc2ccc(Cl)c(Br)c2C1=O. The summed E-state index contributed by atoms with van der Waals surface area (Å²) in [6.45, 7) is 0. The fraction of sp³-hybridized carbons (Fsp3) is 0.0667. The molecule has 0 saturated heterocycles. The number of ketones is 1. The molecule has 0 spiro atoms. The van der Waals surface area contributed by atoms with E-state index in [1.54, 1.807) is 36.4 Å². The number of benzene rings is 2. The van der Waals surface area contributed by atoms with Crippen LogP contribution in [0.1, 0.15) is 15.9 Å². The average Bonchev–Trinajstić information content (AvgIpc) is 2.78. The molecule has 1 aliphatic rings. The number of hydrogen-bond donors (Lipinski definition) is 0. The number of carbonyl (C=O) groups is 1. The van der Waals surface area contributed by atoms with E-state index in [9.17, 15) is 10.1 Å². The van der Waals surface area contributed by atoms with Gasteiger partial charge in [0.1, 0.15) is 11.8 Å². The second-order valence-corrected chi connectivity index (χ2v) is 5.52. The highest BCUT2D eigenvalue weighted by Crippen LogP contribution is 2.46. The Labute approximate surface area is 128 Å². The molecule has 0 bridgehead atoms. The van der Waals surface area contributed by atoms with E-state index in [2.05, 4.69) is 15.9 Å². The van der Waals surface area contributed by atoms with Crippen LogP contribution in [0.2, 0.25) is 5.02 Å². The van der Waals surface area contributed by atoms with Crippen LogP contribution in [0.5, 0.6) is 5.75 Å². The van der Waals surface area contributed by atoms with E-state index >= 15 is 0 Å². The van der Waals surface area contributed by atoms with Crippen molar-refractivity contribution < 1.29 is 9.53 Å². The number of hydrogen-bond acceptors (Lipinski definition) is 3. The highest BCUT2D eigenvalue weighted by molar-refractivity contribution is 9.10. The van der Waals surface area contributed by atoms with Crippen LogP contribution in [0, 0.1) is 11.3 Å². The standard InChI is InChI=1S/C15H7BrClNO2/c16-13-10(17)6-7-11-12(13)14(19)15(8-18,20-11)9-4-2-1-3-5-9/h1-7H. The summed E-state index contributed by atoms with van der Waals surface area (Å²) in [6, 6.07) is 13.9. The molecule has 5 heteroatoms. The lowest BCUT2D eigenvalue weighted by molar-refractivity contribution is 0.0726. The van der Waals surface area contributed by atoms with Crippen molar-refractivity contribution in [2.45, 2.75) is 5.60 Å². The number of nitrogens with zero attached hydrogens (tertiary/aromatic N) is 1. The zero-order valence-electron chi connectivity index (χ0n) is 10.1. The first kappa shape index (κ1) is 13.2. The van der Waals surface area contributed by atoms with Gasteiger partial charge in [0.05, 0.1) is 15.1 Å². The van der Waals surface area contributed by atoms with E-state index in [0.29, 0.717) is 26.4 Å². The predicted molar refractivity (Wildman–Crippen MR) is 77.8 cm³/mol. The quantitative estimate of drug-likeness (QED) is 0.779. The Balaban J connectivity index is 2.23. The number of nitriles is 1. The molecule has 1 heterocycles. The van der Waals surface area contributed by atoms with Gasteiger partial charge < -0.3 is 4.74 Å². The molecule has 3 nitrogen and oxygen atoms in total. The van der Waals surface area contributed by atoms with Gasteiger partial charge in [-0.05, 0) is 28.1 Å². The van der Waals surface area contributed by atoms with Crippen molar-refractivity contribution in [1.82, 2.24) is 0 Å². The third kappa shape index (κ3) is 1.67. The highest BCUT2D eigenvalue weighted by atomic mass is 79.9. The Morgan fingerprint density at radius 1 is 1.20 bits per heavy atom. The van der Waals surface area contributed by atoms with E-state index in [-0.39, 0.29) is 0 Å². The molecule has 0 aromatic heterocycles. The second-order valence-electron chi connectivity index (χ2n) is 4.32. The second kappa shape index (κ2) is 4.62. The van der Waals surface area contributed by atoms with Crippen molar-refractivity contribution >= 4 is 33.3 Å². The molecule has 0 fully saturated rings. The molecule has 20 heavy (non-hydrogen) atoms. The first-order valence-electron chi connectivity index (χ1n) is 5.79. The maximum atomic E-state index is 12.7. The number of rotatable bonds is 1. The van der Waals surface area contributed by atoms with Crippen molar-refractivity contribution in [3.8, 4) is 11.8 Å². The number of Topliss-reactive ketones (excluding diaryl/α,β-unsaturated/α-hetero) is 1. The smallest absolute Gasteiger partial charge is 0.282 e. The highest BCUT2D eigenvalue weighted by Gasteiger charge is 2.51. The van der Waals surface area contributed by atoms with Crippen LogP contribution in [-0.2, 0) is 5.60 Å². The topological polar surface area (TPSA) is 50.1 Å². The van der Waals surface area contributed by atoms with Crippen molar-refractivity contribution in [1.29, 1.82) is 5.26 Å². The van der Waals surface area contributed by atoms with Crippen LogP contribution in [0.15, 0.2) is 46.9 Å². The molecule has 2 aromatic rings. The molecular formula is C15H7BrClNO2. The van der Waals surface area contributed by atoms with Gasteiger partial charge in [-0.3, -0.25) is 4.79 Å². The van der Waals surface area contributed by atoms with E-state index in [0.717, 1.165) is 0 Å². The number of halogens is 2. The molecule has 1 unspecified atom stereocenters. The average molecular weight is 349 g/mol. The van der Waals surface area contributed by atoms with Crippen LogP contribution in [0.3, 0.4) is 0 Å². The lowest BCUT2D eigenvalue weighted by atomic mass is 9.89. The molecule has 0 amide bonds. The lowest BCUT2D eigenvalue weighted by Gasteiger charge is -2.19. The van der Waals surface area contributed by atoms with Crippen molar-refractivity contribution in [3.63, 3.8) is 0 Å². The Morgan fingerprint density at radius 3 is 2.55 bits per heavy atom. The van der Waals surface area contributed by atoms with Crippen molar-refractivity contribution in [3.05, 3.63) is 63.1 Å². The molecule has 0 aliphatic carbocycles. The number of ether oxygens (including phenoxy) is 1. The summed E-state index contributed by atoms with van der Waals surface area (Å²) >= 11 is 9.29. The molecule has 0 N–H and O–H groups in total. The minimum Gasteiger partial charge on any atom is -0.460 e. The van der Waals surface area contributed by atoms with Gasteiger partial charge in [-0.1, -0.05) is 41.9 Å². The molecule has 0 radical (unpaired) electrons. The first-order valence-corrected chi connectivity index (χ1v) is 6.96. The Hall–Kier alpha value is -1.83. The third-order valence-electron chi connectivity index (χ3n) is 3.20. The summed E-state index contributed by atoms with van der Waals surface area (Å²) in [4.78, 5) is 12.7. The summed E-state index contributed by atoms with van der Waals surface area (Å²) in [6.07, 6.45) is 0. The van der Waals surface area contributed by atoms with Gasteiger partial charge in [0, 0.05) is 5.56 Å². The lowest BCUT2D eigenvalue weighted by Crippen LogP contribution is -2.35. The molecular weight excluding hydrogens is 342 g/mol. The van der Waals surface area contributed by atoms with Gasteiger partial charge in [0.15, 0.2) is 0 Å². The molecule has 2 aromatic carbocycles. The third-order valence-corrected chi connectivity index (χ3v) is 4.57. The van der Waals surface area contributed by atoms with E-state index in [1.807, 2.05) is 12.1 Å². The van der Waals surface area contributed by atoms with Gasteiger partial charge in [0.2, 0.25) is 5.78 Å². The Kier molecular flexibility index (Phi) is 3.04. The first-order chi connectivity index (χ1) is 9.60. The van der Waals surface area contributed by atoms with Gasteiger partial charge in [-0.15, -0.1) is 0 Å². The summed E-state index contributed by atoms with van der Waals surface area (Å²) in [5.41, 5.74) is -0.828. The van der Waals surface area contributed by atoms with Gasteiger partial charge >= 0.3 is 0 Å². The maximum Gasteiger partial charge on any atom is 0.282 e. The molecule has 98 valence electrons. The maximum absolute atomic E-state index is 12.7. The van der Waals surface area contributed by atoms with Crippen LogP contribution >= 0.6 is 27.5 Å². The van der Waals surface area contributed by atoms with Crippen LogP contribution in [0.25, 0.3) is 0 Å². The number of fused-ring (bicyclic) bond motifs is 1. The van der Waals surface area contributed by atoms with Crippen LogP contribution in [-0.4, -0.2) is 5.78 Å². The summed E-state index contributed by atoms with van der Waals surface area (Å²) in [7, 11) is 0. The largest absolute Gasteiger partial charge is 0.460 e. The van der Waals surface area contributed by atoms with E-state index < -0.39 is 11.4 Å². The number of carbonyl (C=O) groups excluding carboxylic acids is 1. The Morgan fingerprint density at radius 2 is 1.90 bits per heavy atom. The molecule has 1 atom stereocenters. The van der Waals surface area contributed by atoms with Crippen molar-refractivity contribution in [2.24, 2.45) is 0 Å². The predicted octanol–water partition coefficient (Wildman–Crippen LogP) is 4.10. The zero-order valence-corrected chi connectivity index (χ0v) is 12.4. The summed E-state index contributed by atoms with van der Waals surface area (Å²) < 4.78 is 6.13. The fourth-order valence-corrected chi connectivity index (χ4v) is 2.88. The minimum atomic E-state index is -1.64. The van der Waals surface area contributed by atoms with Crippen LogP contribution in [0.4, 0.5) is 0 Å². The van der Waals surface area contributed by atoms with E-state index in [1.165, 1.54) is 0 Å². The zero-order chi connectivity index (χ0) is 14.3. The van der Waals surface area contributed by atoms with Gasteiger partial charge in [-0.25, -0.2) is 0 Å². The van der Waals surface area contributed by atoms with E-state index in [4.69, 9.17) is 16.3 Å². The summed E-state index contributed by atoms with van der Waals surface area (Å²) in [5.74, 6) is -0.0488.